The van der Waals surface area contributed by atoms with Crippen molar-refractivity contribution in [2.45, 2.75) is 62.3 Å². The van der Waals surface area contributed by atoms with Crippen molar-refractivity contribution in [3.05, 3.63) is 0 Å². The molecule has 0 aromatic carbocycles. The van der Waals surface area contributed by atoms with Crippen molar-refractivity contribution >= 4 is 0 Å². The molecule has 3 aliphatic carbocycles. The van der Waals surface area contributed by atoms with Crippen LogP contribution in [0.5, 0.6) is 0 Å². The molecule has 0 bridgehead atoms. The maximum atomic E-state index is 6.34. The summed E-state index contributed by atoms with van der Waals surface area (Å²) >= 11 is 0. The summed E-state index contributed by atoms with van der Waals surface area (Å²) in [5.74, 6) is 0. The normalized spacial score (nSPS) is 49.9. The molecule has 3 saturated carbocycles. The summed E-state index contributed by atoms with van der Waals surface area (Å²) in [7, 11) is 1.83. The highest BCUT2D eigenvalue weighted by molar-refractivity contribution is 5.21. The number of hydrogen-bond donors (Lipinski definition) is 0. The van der Waals surface area contributed by atoms with Crippen LogP contribution in [0, 0.1) is 5.41 Å². The summed E-state index contributed by atoms with van der Waals surface area (Å²) in [5, 5.41) is 0. The van der Waals surface area contributed by atoms with Crippen LogP contribution >= 0.6 is 0 Å². The van der Waals surface area contributed by atoms with Crippen molar-refractivity contribution in [2.75, 3.05) is 7.11 Å². The fraction of sp³-hybridized carbons (Fsp3) is 1.00. The van der Waals surface area contributed by atoms with E-state index in [4.69, 9.17) is 9.47 Å². The minimum Gasteiger partial charge on any atom is -0.378 e. The van der Waals surface area contributed by atoms with Crippen LogP contribution in [-0.4, -0.2) is 24.4 Å². The lowest BCUT2D eigenvalue weighted by Gasteiger charge is -2.37. The third kappa shape index (κ3) is 0.938. The maximum absolute atomic E-state index is 6.34. The maximum Gasteiger partial charge on any atom is 0.0982 e. The minimum atomic E-state index is 0.167. The standard InChI is InChI=1S/C12H18O2/c1-13-9-6-12(9)8-10(2-3-10)7-11(14-12)4-5-11/h9H,2-8H2,1H3/t9-,12+/m1/s1. The number of rotatable bonds is 1. The average molecular weight is 194 g/mol. The third-order valence-electron chi connectivity index (χ3n) is 4.80. The van der Waals surface area contributed by atoms with Crippen LogP contribution in [0.15, 0.2) is 0 Å². The molecule has 2 atom stereocenters. The molecule has 0 aromatic rings. The molecule has 1 saturated heterocycles. The van der Waals surface area contributed by atoms with Gasteiger partial charge in [0.1, 0.15) is 0 Å². The van der Waals surface area contributed by atoms with Crippen molar-refractivity contribution in [3.8, 4) is 0 Å². The first-order valence-electron chi connectivity index (χ1n) is 5.93. The first kappa shape index (κ1) is 8.12. The van der Waals surface area contributed by atoms with Gasteiger partial charge in [-0.15, -0.1) is 0 Å². The number of methoxy groups -OCH3 is 1. The van der Waals surface area contributed by atoms with Crippen molar-refractivity contribution in [2.24, 2.45) is 5.41 Å². The third-order valence-corrected chi connectivity index (χ3v) is 4.80. The van der Waals surface area contributed by atoms with E-state index >= 15 is 0 Å². The van der Waals surface area contributed by atoms with E-state index in [1.165, 1.54) is 38.5 Å². The van der Waals surface area contributed by atoms with Gasteiger partial charge in [0.2, 0.25) is 0 Å². The SMILES string of the molecule is CO[C@@H]1C[C@]12CC1(CC1)CC1(CC1)O2. The molecule has 0 amide bonds. The minimum absolute atomic E-state index is 0.167. The number of ether oxygens (including phenoxy) is 2. The van der Waals surface area contributed by atoms with E-state index in [1.807, 2.05) is 7.11 Å². The molecule has 0 aromatic heterocycles. The van der Waals surface area contributed by atoms with Gasteiger partial charge in [-0.25, -0.2) is 0 Å². The highest BCUT2D eigenvalue weighted by Gasteiger charge is 2.71. The van der Waals surface area contributed by atoms with E-state index in [-0.39, 0.29) is 5.60 Å². The first-order chi connectivity index (χ1) is 6.70. The second-order valence-electron chi connectivity index (χ2n) is 6.13. The fourth-order valence-corrected chi connectivity index (χ4v) is 3.68. The van der Waals surface area contributed by atoms with Gasteiger partial charge in [-0.1, -0.05) is 0 Å². The van der Waals surface area contributed by atoms with Crippen molar-refractivity contribution in [1.82, 2.24) is 0 Å². The zero-order valence-corrected chi connectivity index (χ0v) is 8.84. The molecule has 3 spiro atoms. The summed E-state index contributed by atoms with van der Waals surface area (Å²) < 4.78 is 11.8. The Morgan fingerprint density at radius 1 is 1.14 bits per heavy atom. The van der Waals surface area contributed by atoms with Gasteiger partial charge in [0.05, 0.1) is 17.3 Å². The lowest BCUT2D eigenvalue weighted by atomic mass is 9.86. The molecule has 0 N–H and O–H groups in total. The van der Waals surface area contributed by atoms with Crippen LogP contribution in [0.2, 0.25) is 0 Å². The highest BCUT2D eigenvalue weighted by Crippen LogP contribution is 2.71. The van der Waals surface area contributed by atoms with Crippen LogP contribution < -0.4 is 0 Å². The van der Waals surface area contributed by atoms with Gasteiger partial charge in [0.15, 0.2) is 0 Å². The van der Waals surface area contributed by atoms with E-state index < -0.39 is 0 Å². The van der Waals surface area contributed by atoms with Crippen molar-refractivity contribution in [3.63, 3.8) is 0 Å². The zero-order valence-electron chi connectivity index (χ0n) is 8.84. The molecule has 2 heteroatoms. The average Bonchev–Trinajstić information content (AvgIpc) is 3.05. The summed E-state index contributed by atoms with van der Waals surface area (Å²) in [5.41, 5.74) is 1.18. The molecule has 1 heterocycles. The predicted octanol–water partition coefficient (Wildman–Crippen LogP) is 2.27. The van der Waals surface area contributed by atoms with Crippen LogP contribution in [0.1, 0.15) is 44.9 Å². The monoisotopic (exact) mass is 194 g/mol. The van der Waals surface area contributed by atoms with Gasteiger partial charge < -0.3 is 9.47 Å². The fourth-order valence-electron chi connectivity index (χ4n) is 3.68. The summed E-state index contributed by atoms with van der Waals surface area (Å²) in [6, 6.07) is 0. The Hall–Kier alpha value is -0.0800. The molecule has 2 nitrogen and oxygen atoms in total. The Kier molecular flexibility index (Phi) is 1.19. The molecule has 0 radical (unpaired) electrons. The van der Waals surface area contributed by atoms with Gasteiger partial charge in [0, 0.05) is 13.5 Å². The van der Waals surface area contributed by atoms with Crippen LogP contribution in [0.4, 0.5) is 0 Å². The topological polar surface area (TPSA) is 18.5 Å². The van der Waals surface area contributed by atoms with Gasteiger partial charge >= 0.3 is 0 Å². The molecular weight excluding hydrogens is 176 g/mol. The zero-order chi connectivity index (χ0) is 9.44. The lowest BCUT2D eigenvalue weighted by molar-refractivity contribution is -0.131. The van der Waals surface area contributed by atoms with Gasteiger partial charge in [-0.05, 0) is 43.9 Å². The Morgan fingerprint density at radius 3 is 2.43 bits per heavy atom. The van der Waals surface area contributed by atoms with Gasteiger partial charge in [-0.3, -0.25) is 0 Å². The van der Waals surface area contributed by atoms with E-state index in [2.05, 4.69) is 0 Å². The molecule has 4 rings (SSSR count). The van der Waals surface area contributed by atoms with Gasteiger partial charge in [-0.2, -0.15) is 0 Å². The highest BCUT2D eigenvalue weighted by atomic mass is 16.6. The smallest absolute Gasteiger partial charge is 0.0982 e. The summed E-state index contributed by atoms with van der Waals surface area (Å²) in [4.78, 5) is 0. The Balaban J connectivity index is 1.63. The van der Waals surface area contributed by atoms with E-state index in [1.54, 1.807) is 0 Å². The second-order valence-corrected chi connectivity index (χ2v) is 6.13. The number of hydrogen-bond acceptors (Lipinski definition) is 2. The molecule has 78 valence electrons. The van der Waals surface area contributed by atoms with E-state index in [0.717, 1.165) is 6.42 Å². The largest absolute Gasteiger partial charge is 0.378 e. The lowest BCUT2D eigenvalue weighted by Crippen LogP contribution is -2.39. The molecular formula is C12H18O2. The summed E-state index contributed by atoms with van der Waals surface area (Å²) in [6.45, 7) is 0. The van der Waals surface area contributed by atoms with E-state index in [9.17, 15) is 0 Å². The van der Waals surface area contributed by atoms with Crippen molar-refractivity contribution < 1.29 is 9.47 Å². The predicted molar refractivity (Wildman–Crippen MR) is 52.1 cm³/mol. The quantitative estimate of drug-likeness (QED) is 0.637. The Labute approximate surface area is 85.0 Å². The molecule has 0 unspecified atom stereocenters. The molecule has 14 heavy (non-hydrogen) atoms. The first-order valence-corrected chi connectivity index (χ1v) is 5.93. The Morgan fingerprint density at radius 2 is 1.93 bits per heavy atom. The Bertz CT molecular complexity index is 269. The van der Waals surface area contributed by atoms with E-state index in [0.29, 0.717) is 17.1 Å². The van der Waals surface area contributed by atoms with Crippen LogP contribution in [0.3, 0.4) is 0 Å². The van der Waals surface area contributed by atoms with Gasteiger partial charge in [0.25, 0.3) is 0 Å². The molecule has 1 aliphatic heterocycles. The van der Waals surface area contributed by atoms with Crippen molar-refractivity contribution in [1.29, 1.82) is 0 Å². The second kappa shape index (κ2) is 2.05. The molecule has 4 fully saturated rings. The van der Waals surface area contributed by atoms with Crippen LogP contribution in [-0.2, 0) is 9.47 Å². The van der Waals surface area contributed by atoms with Crippen LogP contribution in [0.25, 0.3) is 0 Å². The molecule has 4 aliphatic rings. The summed E-state index contributed by atoms with van der Waals surface area (Å²) in [6.07, 6.45) is 9.76.